The molecule has 1 aromatic rings. The largest absolute Gasteiger partial charge is 0.497 e. The Hall–Kier alpha value is -3.32. The second-order valence-corrected chi connectivity index (χ2v) is 11.3. The number of hydrogen-bond acceptors (Lipinski definition) is 1. The van der Waals surface area contributed by atoms with Gasteiger partial charge in [-0.1, -0.05) is 91.5 Å². The summed E-state index contributed by atoms with van der Waals surface area (Å²) in [5, 5.41) is 0. The van der Waals surface area contributed by atoms with E-state index in [9.17, 15) is 0 Å². The molecule has 1 nitrogen and oxygen atoms in total. The van der Waals surface area contributed by atoms with Gasteiger partial charge in [0.1, 0.15) is 5.75 Å². The molecule has 0 atom stereocenters. The van der Waals surface area contributed by atoms with Gasteiger partial charge in [0.05, 0.1) is 7.11 Å². The third kappa shape index (κ3) is 9.40. The Morgan fingerprint density at radius 3 is 2.45 bits per heavy atom. The van der Waals surface area contributed by atoms with Crippen molar-refractivity contribution in [3.05, 3.63) is 136 Å². The minimum atomic E-state index is 0.896. The van der Waals surface area contributed by atoms with E-state index in [-0.39, 0.29) is 0 Å². The van der Waals surface area contributed by atoms with Gasteiger partial charge in [0.15, 0.2) is 0 Å². The number of rotatable bonds is 14. The normalized spacial score (nSPS) is 16.9. The molecule has 0 fully saturated rings. The Morgan fingerprint density at radius 1 is 1.02 bits per heavy atom. The van der Waals surface area contributed by atoms with Gasteiger partial charge in [-0.15, -0.1) is 0 Å². The van der Waals surface area contributed by atoms with E-state index in [1.165, 1.54) is 83.1 Å². The van der Waals surface area contributed by atoms with Crippen LogP contribution in [-0.2, 0) is 6.42 Å². The van der Waals surface area contributed by atoms with Gasteiger partial charge in [-0.05, 0) is 136 Å². The number of allylic oxidation sites excluding steroid dienone is 16. The molecule has 0 saturated heterocycles. The van der Waals surface area contributed by atoms with Crippen LogP contribution >= 0.6 is 0 Å². The predicted octanol–water partition coefficient (Wildman–Crippen LogP) is 11.5. The lowest BCUT2D eigenvalue weighted by molar-refractivity contribution is 0.414. The van der Waals surface area contributed by atoms with E-state index < -0.39 is 0 Å². The number of ether oxygens (including phenoxy) is 1. The average Bonchev–Trinajstić information content (AvgIpc) is 3.47. The SMILES string of the molecule is C=C(/C=C(\C=C/C)C1=CC(/C(C)=C/C(C(=C)CCCC2=CCCCC2)=C(/C)Cc2ccc(OC)cc2)=CC1)CC. The second-order valence-electron chi connectivity index (χ2n) is 11.3. The molecule has 0 bridgehead atoms. The summed E-state index contributed by atoms with van der Waals surface area (Å²) >= 11 is 0. The Balaban J connectivity index is 1.86. The van der Waals surface area contributed by atoms with Crippen molar-refractivity contribution in [1.29, 1.82) is 0 Å². The van der Waals surface area contributed by atoms with Gasteiger partial charge in [0.2, 0.25) is 0 Å². The van der Waals surface area contributed by atoms with Crippen LogP contribution < -0.4 is 4.74 Å². The quantitative estimate of drug-likeness (QED) is 0.170. The maximum Gasteiger partial charge on any atom is 0.118 e. The van der Waals surface area contributed by atoms with Crippen LogP contribution in [0.4, 0.5) is 0 Å². The van der Waals surface area contributed by atoms with Crippen LogP contribution in [-0.4, -0.2) is 7.11 Å². The van der Waals surface area contributed by atoms with Crippen LogP contribution in [0.15, 0.2) is 130 Å². The van der Waals surface area contributed by atoms with Crippen molar-refractivity contribution in [3.8, 4) is 5.75 Å². The van der Waals surface area contributed by atoms with Gasteiger partial charge < -0.3 is 4.74 Å². The summed E-state index contributed by atoms with van der Waals surface area (Å²) in [6, 6.07) is 8.44. The first-order valence-corrected chi connectivity index (χ1v) is 15.1. The lowest BCUT2D eigenvalue weighted by Crippen LogP contribution is -1.98. The van der Waals surface area contributed by atoms with Gasteiger partial charge in [0, 0.05) is 0 Å². The molecule has 1 aromatic carbocycles. The van der Waals surface area contributed by atoms with E-state index in [4.69, 9.17) is 4.74 Å². The monoisotopic (exact) mass is 534 g/mol. The molecule has 1 heteroatoms. The summed E-state index contributed by atoms with van der Waals surface area (Å²) in [6.07, 6.45) is 27.6. The van der Waals surface area contributed by atoms with Gasteiger partial charge in [0.25, 0.3) is 0 Å². The first-order chi connectivity index (χ1) is 19.3. The van der Waals surface area contributed by atoms with E-state index >= 15 is 0 Å². The molecule has 0 aliphatic heterocycles. The minimum absolute atomic E-state index is 0.896. The Labute approximate surface area is 244 Å². The molecule has 0 N–H and O–H groups in total. The smallest absolute Gasteiger partial charge is 0.118 e. The van der Waals surface area contributed by atoms with E-state index in [1.807, 2.05) is 0 Å². The highest BCUT2D eigenvalue weighted by Gasteiger charge is 2.14. The summed E-state index contributed by atoms with van der Waals surface area (Å²) in [6.45, 7) is 17.6. The molecule has 0 unspecified atom stereocenters. The number of hydrogen-bond donors (Lipinski definition) is 0. The first kappa shape index (κ1) is 31.2. The van der Waals surface area contributed by atoms with Crippen molar-refractivity contribution in [1.82, 2.24) is 0 Å². The van der Waals surface area contributed by atoms with Gasteiger partial charge in [-0.25, -0.2) is 0 Å². The van der Waals surface area contributed by atoms with E-state index in [2.05, 4.69) is 108 Å². The van der Waals surface area contributed by atoms with Crippen molar-refractivity contribution >= 4 is 0 Å². The molecular formula is C39H50O. The van der Waals surface area contributed by atoms with Gasteiger partial charge >= 0.3 is 0 Å². The van der Waals surface area contributed by atoms with Crippen LogP contribution in [0.1, 0.15) is 91.0 Å². The summed E-state index contributed by atoms with van der Waals surface area (Å²) in [4.78, 5) is 0. The predicted molar refractivity (Wildman–Crippen MR) is 176 cm³/mol. The second kappa shape index (κ2) is 16.1. The highest BCUT2D eigenvalue weighted by atomic mass is 16.5. The summed E-state index contributed by atoms with van der Waals surface area (Å²) in [7, 11) is 1.72. The zero-order chi connectivity index (χ0) is 28.9. The highest BCUT2D eigenvalue weighted by molar-refractivity contribution is 5.58. The molecule has 2 aliphatic rings. The van der Waals surface area contributed by atoms with Crippen LogP contribution in [0.25, 0.3) is 0 Å². The standard InChI is InChI=1S/C39H50O/c1-8-14-36(25-29(3)9-2)37-22-21-35(28-37)31(5)27-39(30(4)15-13-18-33-16-11-10-12-17-33)32(6)26-34-19-23-38(40-7)24-20-34/h8,14,16,19-21,23-25,27-28H,3-4,9-13,15,17-18,22,26H2,1-2,5-7H3/b14-8-,31-27+,36-25+,39-32+. The third-order valence-electron chi connectivity index (χ3n) is 8.05. The van der Waals surface area contributed by atoms with E-state index in [1.54, 1.807) is 12.7 Å². The highest BCUT2D eigenvalue weighted by Crippen LogP contribution is 2.33. The van der Waals surface area contributed by atoms with Crippen LogP contribution in [0.2, 0.25) is 0 Å². The van der Waals surface area contributed by atoms with Crippen molar-refractivity contribution in [3.63, 3.8) is 0 Å². The molecule has 0 saturated carbocycles. The summed E-state index contributed by atoms with van der Waals surface area (Å²) in [5.74, 6) is 0.896. The number of benzene rings is 1. The Morgan fingerprint density at radius 2 is 1.80 bits per heavy atom. The molecule has 0 aromatic heterocycles. The average molecular weight is 535 g/mol. The Bertz CT molecular complexity index is 1260. The van der Waals surface area contributed by atoms with Crippen LogP contribution in [0.3, 0.4) is 0 Å². The summed E-state index contributed by atoms with van der Waals surface area (Å²) < 4.78 is 5.37. The van der Waals surface area contributed by atoms with Crippen molar-refractivity contribution in [2.75, 3.05) is 7.11 Å². The number of methoxy groups -OCH3 is 1. The molecule has 0 spiro atoms. The molecule has 0 amide bonds. The maximum absolute atomic E-state index is 5.37. The molecule has 3 rings (SSSR count). The van der Waals surface area contributed by atoms with Crippen LogP contribution in [0.5, 0.6) is 5.75 Å². The zero-order valence-corrected chi connectivity index (χ0v) is 25.7. The van der Waals surface area contributed by atoms with Gasteiger partial charge in [-0.2, -0.15) is 0 Å². The lowest BCUT2D eigenvalue weighted by atomic mass is 9.89. The molecule has 0 heterocycles. The van der Waals surface area contributed by atoms with E-state index in [0.717, 1.165) is 37.0 Å². The molecule has 212 valence electrons. The topological polar surface area (TPSA) is 9.23 Å². The zero-order valence-electron chi connectivity index (χ0n) is 25.7. The summed E-state index contributed by atoms with van der Waals surface area (Å²) in [5.41, 5.74) is 13.2. The van der Waals surface area contributed by atoms with Crippen LogP contribution in [0, 0.1) is 0 Å². The molecule has 40 heavy (non-hydrogen) atoms. The molecular weight excluding hydrogens is 484 g/mol. The maximum atomic E-state index is 5.37. The van der Waals surface area contributed by atoms with Crippen molar-refractivity contribution in [2.45, 2.75) is 91.9 Å². The van der Waals surface area contributed by atoms with Crippen molar-refractivity contribution < 1.29 is 4.74 Å². The minimum Gasteiger partial charge on any atom is -0.497 e. The Kier molecular flexibility index (Phi) is 12.5. The van der Waals surface area contributed by atoms with Gasteiger partial charge in [-0.3, -0.25) is 0 Å². The first-order valence-electron chi connectivity index (χ1n) is 15.1. The molecule has 0 radical (unpaired) electrons. The fraction of sp³-hybridized carbons (Fsp3) is 0.385. The lowest BCUT2D eigenvalue weighted by Gasteiger charge is -2.16. The van der Waals surface area contributed by atoms with Crippen molar-refractivity contribution in [2.24, 2.45) is 0 Å². The molecule has 2 aliphatic carbocycles. The fourth-order valence-electron chi connectivity index (χ4n) is 5.52. The van der Waals surface area contributed by atoms with E-state index in [0.29, 0.717) is 0 Å². The third-order valence-corrected chi connectivity index (χ3v) is 8.05. The fourth-order valence-corrected chi connectivity index (χ4v) is 5.52.